The van der Waals surface area contributed by atoms with Crippen LogP contribution < -0.4 is 5.32 Å². The molecule has 0 saturated heterocycles. The third-order valence-corrected chi connectivity index (χ3v) is 3.72. The second-order valence-corrected chi connectivity index (χ2v) is 5.17. The van der Waals surface area contributed by atoms with Gasteiger partial charge in [-0.2, -0.15) is 0 Å². The molecule has 0 radical (unpaired) electrons. The molecular weight excluding hydrogens is 194 g/mol. The van der Waals surface area contributed by atoms with E-state index in [1.807, 2.05) is 0 Å². The zero-order chi connectivity index (χ0) is 10.1. The first-order chi connectivity index (χ1) is 6.66. The fourth-order valence-electron chi connectivity index (χ4n) is 2.82. The number of hydrogen-bond donors (Lipinski definition) is 1. The van der Waals surface area contributed by atoms with Crippen molar-refractivity contribution in [1.29, 1.82) is 0 Å². The van der Waals surface area contributed by atoms with Crippen molar-refractivity contribution in [1.82, 2.24) is 5.32 Å². The first kappa shape index (κ1) is 10.3. The molecule has 0 aromatic heterocycles. The standard InChI is InChI=1S/C12H18ClN/c1-8(13)7-14-9(2)12-6-10-3-4-11(12)5-10/h3-4,9-12,14H,1,5-7H2,2H3. The van der Waals surface area contributed by atoms with Crippen LogP contribution in [0.25, 0.3) is 0 Å². The summed E-state index contributed by atoms with van der Waals surface area (Å²) in [6.07, 6.45) is 7.50. The van der Waals surface area contributed by atoms with Gasteiger partial charge in [0.1, 0.15) is 0 Å². The summed E-state index contributed by atoms with van der Waals surface area (Å²) in [6, 6.07) is 0.561. The molecule has 2 rings (SSSR count). The summed E-state index contributed by atoms with van der Waals surface area (Å²) >= 11 is 5.74. The minimum atomic E-state index is 0.561. The van der Waals surface area contributed by atoms with Crippen molar-refractivity contribution in [3.05, 3.63) is 23.8 Å². The number of fused-ring (bicyclic) bond motifs is 2. The number of allylic oxidation sites excluding steroid dienone is 2. The van der Waals surface area contributed by atoms with Gasteiger partial charge < -0.3 is 5.32 Å². The van der Waals surface area contributed by atoms with Crippen molar-refractivity contribution in [3.63, 3.8) is 0 Å². The Balaban J connectivity index is 1.84. The van der Waals surface area contributed by atoms with Crippen molar-refractivity contribution in [3.8, 4) is 0 Å². The molecule has 0 heterocycles. The molecule has 14 heavy (non-hydrogen) atoms. The first-order valence-corrected chi connectivity index (χ1v) is 5.79. The minimum Gasteiger partial charge on any atom is -0.309 e. The van der Waals surface area contributed by atoms with Gasteiger partial charge in [0.2, 0.25) is 0 Å². The van der Waals surface area contributed by atoms with Gasteiger partial charge >= 0.3 is 0 Å². The zero-order valence-corrected chi connectivity index (χ0v) is 9.43. The van der Waals surface area contributed by atoms with Crippen LogP contribution in [0.2, 0.25) is 0 Å². The highest BCUT2D eigenvalue weighted by molar-refractivity contribution is 6.29. The molecule has 4 unspecified atom stereocenters. The van der Waals surface area contributed by atoms with Crippen LogP contribution in [-0.2, 0) is 0 Å². The fraction of sp³-hybridized carbons (Fsp3) is 0.667. The Hall–Kier alpha value is -0.270. The van der Waals surface area contributed by atoms with E-state index in [1.54, 1.807) is 0 Å². The van der Waals surface area contributed by atoms with Gasteiger partial charge in [0.05, 0.1) is 0 Å². The van der Waals surface area contributed by atoms with E-state index in [4.69, 9.17) is 11.6 Å². The third kappa shape index (κ3) is 2.04. The Labute approximate surface area is 91.2 Å². The average molecular weight is 212 g/mol. The smallest absolute Gasteiger partial charge is 0.0310 e. The molecule has 0 aliphatic heterocycles. The van der Waals surface area contributed by atoms with Crippen LogP contribution in [0.1, 0.15) is 19.8 Å². The third-order valence-electron chi connectivity index (χ3n) is 3.59. The van der Waals surface area contributed by atoms with Crippen LogP contribution in [0.5, 0.6) is 0 Å². The minimum absolute atomic E-state index is 0.561. The Bertz CT molecular complexity index is 259. The van der Waals surface area contributed by atoms with Crippen LogP contribution in [0, 0.1) is 17.8 Å². The van der Waals surface area contributed by atoms with Crippen LogP contribution >= 0.6 is 11.6 Å². The highest BCUT2D eigenvalue weighted by atomic mass is 35.5. The van der Waals surface area contributed by atoms with Crippen LogP contribution in [-0.4, -0.2) is 12.6 Å². The summed E-state index contributed by atoms with van der Waals surface area (Å²) in [4.78, 5) is 0. The van der Waals surface area contributed by atoms with Gasteiger partial charge in [-0.15, -0.1) is 0 Å². The molecule has 4 atom stereocenters. The molecule has 1 nitrogen and oxygen atoms in total. The topological polar surface area (TPSA) is 12.0 Å². The lowest BCUT2D eigenvalue weighted by Crippen LogP contribution is -2.36. The summed E-state index contributed by atoms with van der Waals surface area (Å²) in [5.41, 5.74) is 0. The second-order valence-electron chi connectivity index (χ2n) is 4.63. The van der Waals surface area contributed by atoms with E-state index in [0.29, 0.717) is 11.1 Å². The second kappa shape index (κ2) is 4.08. The van der Waals surface area contributed by atoms with Crippen LogP contribution in [0.4, 0.5) is 0 Å². The monoisotopic (exact) mass is 211 g/mol. The largest absolute Gasteiger partial charge is 0.309 e. The van der Waals surface area contributed by atoms with Gasteiger partial charge in [-0.05, 0) is 37.5 Å². The maximum atomic E-state index is 5.74. The summed E-state index contributed by atoms with van der Waals surface area (Å²) in [5.74, 6) is 2.47. The van der Waals surface area contributed by atoms with Crippen molar-refractivity contribution in [2.45, 2.75) is 25.8 Å². The maximum absolute atomic E-state index is 5.74. The number of rotatable bonds is 4. The lowest BCUT2D eigenvalue weighted by Gasteiger charge is -2.26. The lowest BCUT2D eigenvalue weighted by molar-refractivity contribution is 0.336. The normalized spacial score (nSPS) is 36.3. The average Bonchev–Trinajstić information content (AvgIpc) is 2.74. The number of halogens is 1. The van der Waals surface area contributed by atoms with Crippen molar-refractivity contribution >= 4 is 11.6 Å². The van der Waals surface area contributed by atoms with E-state index >= 15 is 0 Å². The Kier molecular flexibility index (Phi) is 2.99. The molecule has 1 N–H and O–H groups in total. The van der Waals surface area contributed by atoms with Gasteiger partial charge in [-0.3, -0.25) is 0 Å². The van der Waals surface area contributed by atoms with Crippen LogP contribution in [0.15, 0.2) is 23.8 Å². The molecule has 0 spiro atoms. The van der Waals surface area contributed by atoms with Crippen molar-refractivity contribution in [2.24, 2.45) is 17.8 Å². The summed E-state index contributed by atoms with van der Waals surface area (Å²) < 4.78 is 0. The van der Waals surface area contributed by atoms with E-state index < -0.39 is 0 Å². The maximum Gasteiger partial charge on any atom is 0.0310 e. The van der Waals surface area contributed by atoms with Gasteiger partial charge in [0, 0.05) is 17.6 Å². The predicted molar refractivity (Wildman–Crippen MR) is 61.3 cm³/mol. The van der Waals surface area contributed by atoms with E-state index in [2.05, 4.69) is 31.0 Å². The van der Waals surface area contributed by atoms with E-state index in [1.165, 1.54) is 12.8 Å². The van der Waals surface area contributed by atoms with Crippen molar-refractivity contribution in [2.75, 3.05) is 6.54 Å². The predicted octanol–water partition coefficient (Wildman–Crippen LogP) is 2.93. The molecular formula is C12H18ClN. The molecule has 2 aliphatic carbocycles. The number of nitrogens with one attached hydrogen (secondary N) is 1. The highest BCUT2D eigenvalue weighted by Gasteiger charge is 2.38. The summed E-state index contributed by atoms with van der Waals surface area (Å²) in [7, 11) is 0. The zero-order valence-electron chi connectivity index (χ0n) is 8.67. The van der Waals surface area contributed by atoms with Gasteiger partial charge in [-0.25, -0.2) is 0 Å². The molecule has 2 bridgehead atoms. The molecule has 1 saturated carbocycles. The molecule has 78 valence electrons. The molecule has 2 aliphatic rings. The van der Waals surface area contributed by atoms with Gasteiger partial charge in [0.25, 0.3) is 0 Å². The van der Waals surface area contributed by atoms with Gasteiger partial charge in [0.15, 0.2) is 0 Å². The van der Waals surface area contributed by atoms with E-state index in [0.717, 1.165) is 24.3 Å². The summed E-state index contributed by atoms with van der Waals surface area (Å²) in [5, 5.41) is 4.15. The Morgan fingerprint density at radius 1 is 1.57 bits per heavy atom. The molecule has 0 aromatic carbocycles. The molecule has 2 heteroatoms. The number of hydrogen-bond acceptors (Lipinski definition) is 1. The molecule has 0 amide bonds. The highest BCUT2D eigenvalue weighted by Crippen LogP contribution is 2.44. The molecule has 1 fully saturated rings. The fourth-order valence-corrected chi connectivity index (χ4v) is 2.90. The molecule has 0 aromatic rings. The summed E-state index contributed by atoms with van der Waals surface area (Å²) in [6.45, 7) is 6.69. The first-order valence-electron chi connectivity index (χ1n) is 5.42. The quantitative estimate of drug-likeness (QED) is 0.706. The van der Waals surface area contributed by atoms with Gasteiger partial charge in [-0.1, -0.05) is 30.3 Å². The van der Waals surface area contributed by atoms with E-state index in [-0.39, 0.29) is 0 Å². The Morgan fingerprint density at radius 2 is 2.36 bits per heavy atom. The lowest BCUT2D eigenvalue weighted by atomic mass is 9.87. The SMILES string of the molecule is C=C(Cl)CNC(C)C1CC2C=CC1C2. The van der Waals surface area contributed by atoms with E-state index in [9.17, 15) is 0 Å². The van der Waals surface area contributed by atoms with Crippen molar-refractivity contribution < 1.29 is 0 Å². The van der Waals surface area contributed by atoms with Crippen LogP contribution in [0.3, 0.4) is 0 Å². The Morgan fingerprint density at radius 3 is 2.86 bits per heavy atom.